The third-order valence-corrected chi connectivity index (χ3v) is 0.985. The average Bonchev–Trinajstić information content (AvgIpc) is 2.34. The predicted molar refractivity (Wildman–Crippen MR) is 34.3 cm³/mol. The van der Waals surface area contributed by atoms with Gasteiger partial charge in [0.1, 0.15) is 0 Å². The quantitative estimate of drug-likeness (QED) is 0.475. The maximum Gasteiger partial charge on any atom is 0.490 e. The zero-order chi connectivity index (χ0) is 9.14. The van der Waals surface area contributed by atoms with E-state index in [0.717, 1.165) is 11.0 Å². The molecule has 0 aliphatic rings. The van der Waals surface area contributed by atoms with Gasteiger partial charge in [-0.1, -0.05) is 4.98 Å². The molecule has 0 spiro atoms. The van der Waals surface area contributed by atoms with Crippen molar-refractivity contribution in [1.29, 1.82) is 0 Å². The van der Waals surface area contributed by atoms with E-state index in [4.69, 9.17) is 5.11 Å². The van der Waals surface area contributed by atoms with Crippen LogP contribution >= 0.6 is 0 Å². The largest absolute Gasteiger partial charge is 0.490 e. The minimum Gasteiger partial charge on any atom is -0.480 e. The highest BCUT2D eigenvalue weighted by atomic mass is 16.6. The van der Waals surface area contributed by atoms with E-state index in [1.807, 2.05) is 0 Å². The van der Waals surface area contributed by atoms with Crippen LogP contribution < -0.4 is 0 Å². The highest BCUT2D eigenvalue weighted by Gasteiger charge is 2.14. The van der Waals surface area contributed by atoms with Crippen LogP contribution in [0.3, 0.4) is 0 Å². The van der Waals surface area contributed by atoms with Gasteiger partial charge < -0.3 is 15.2 Å². The molecule has 8 heteroatoms. The fourth-order valence-corrected chi connectivity index (χ4v) is 0.583. The number of aromatic nitrogens is 3. The Hall–Kier alpha value is -1.99. The van der Waals surface area contributed by atoms with E-state index >= 15 is 0 Å². The van der Waals surface area contributed by atoms with Crippen LogP contribution in [0.4, 0.5) is 5.95 Å². The normalized spacial score (nSPS) is 9.67. The third kappa shape index (κ3) is 1.75. The smallest absolute Gasteiger partial charge is 0.480 e. The van der Waals surface area contributed by atoms with Crippen LogP contribution in [0.2, 0.25) is 0 Å². The van der Waals surface area contributed by atoms with Crippen LogP contribution in [-0.2, 0) is 11.3 Å². The zero-order valence-electron chi connectivity index (χ0n) is 5.75. The molecule has 1 rings (SSSR count). The summed E-state index contributed by atoms with van der Waals surface area (Å²) in [6.45, 7) is -0.430. The molecule has 64 valence electrons. The molecule has 0 saturated carbocycles. The minimum absolute atomic E-state index is 0.430. The van der Waals surface area contributed by atoms with E-state index in [1.165, 1.54) is 0 Å². The Bertz CT molecular complexity index is 319. The van der Waals surface area contributed by atoms with Crippen molar-refractivity contribution in [2.45, 2.75) is 6.54 Å². The molecule has 0 amide bonds. The highest BCUT2D eigenvalue weighted by Crippen LogP contribution is 1.98. The molecule has 1 aromatic rings. The summed E-state index contributed by atoms with van der Waals surface area (Å²) < 4.78 is 0.875. The molecule has 0 fully saturated rings. The van der Waals surface area contributed by atoms with Gasteiger partial charge in [0.25, 0.3) is 0 Å². The van der Waals surface area contributed by atoms with Crippen molar-refractivity contribution in [3.8, 4) is 0 Å². The van der Waals surface area contributed by atoms with E-state index in [1.54, 1.807) is 0 Å². The van der Waals surface area contributed by atoms with Gasteiger partial charge in [-0.15, -0.1) is 0 Å². The summed E-state index contributed by atoms with van der Waals surface area (Å²) in [5, 5.41) is 21.6. The molecule has 0 aliphatic heterocycles. The van der Waals surface area contributed by atoms with E-state index in [0.29, 0.717) is 0 Å². The number of hydrogen-bond acceptors (Lipinski definition) is 5. The monoisotopic (exact) mass is 172 g/mol. The van der Waals surface area contributed by atoms with Gasteiger partial charge in [-0.05, 0) is 4.92 Å². The van der Waals surface area contributed by atoms with E-state index < -0.39 is 23.4 Å². The number of nitrogens with zero attached hydrogens (tertiary/aromatic N) is 4. The second-order valence-electron chi connectivity index (χ2n) is 1.89. The highest BCUT2D eigenvalue weighted by molar-refractivity contribution is 5.66. The van der Waals surface area contributed by atoms with Crippen molar-refractivity contribution >= 4 is 11.9 Å². The van der Waals surface area contributed by atoms with Gasteiger partial charge in [0.05, 0.1) is 0 Å². The van der Waals surface area contributed by atoms with Crippen molar-refractivity contribution in [3.05, 3.63) is 16.4 Å². The Labute approximate surface area is 65.6 Å². The second-order valence-corrected chi connectivity index (χ2v) is 1.89. The molecular weight excluding hydrogens is 168 g/mol. The van der Waals surface area contributed by atoms with Gasteiger partial charge in [0.2, 0.25) is 6.33 Å². The summed E-state index contributed by atoms with van der Waals surface area (Å²) in [6, 6.07) is 0. The predicted octanol–water partition coefficient (Wildman–Crippen LogP) is -0.729. The maximum absolute atomic E-state index is 10.1. The minimum atomic E-state index is -1.13. The van der Waals surface area contributed by atoms with E-state index in [-0.39, 0.29) is 0 Å². The van der Waals surface area contributed by atoms with Gasteiger partial charge in [0, 0.05) is 5.10 Å². The summed E-state index contributed by atoms with van der Waals surface area (Å²) >= 11 is 0. The lowest BCUT2D eigenvalue weighted by Gasteiger charge is -1.86. The molecule has 0 unspecified atom stereocenters. The molecule has 0 aromatic carbocycles. The topological polar surface area (TPSA) is 111 Å². The van der Waals surface area contributed by atoms with Crippen LogP contribution in [-0.4, -0.2) is 30.8 Å². The zero-order valence-corrected chi connectivity index (χ0v) is 5.75. The first-order chi connectivity index (χ1) is 5.59. The van der Waals surface area contributed by atoms with Crippen LogP contribution in [0.15, 0.2) is 6.33 Å². The Morgan fingerprint density at radius 1 is 1.83 bits per heavy atom. The molecule has 8 nitrogen and oxygen atoms in total. The summed E-state index contributed by atoms with van der Waals surface area (Å²) in [5.74, 6) is -1.73. The number of carboxylic acids is 1. The fourth-order valence-electron chi connectivity index (χ4n) is 0.583. The molecule has 0 bridgehead atoms. The first-order valence-corrected chi connectivity index (χ1v) is 2.85. The Morgan fingerprint density at radius 3 is 2.92 bits per heavy atom. The Balaban J connectivity index is 2.77. The second kappa shape index (κ2) is 2.95. The third-order valence-electron chi connectivity index (χ3n) is 0.985. The lowest BCUT2D eigenvalue weighted by atomic mass is 10.7. The molecule has 0 aliphatic carbocycles. The molecule has 0 saturated heterocycles. The molecule has 1 heterocycles. The SMILES string of the molecule is O=C(O)Cn1cnc([N+](=O)[O-])n1. The van der Waals surface area contributed by atoms with E-state index in [2.05, 4.69) is 10.1 Å². The van der Waals surface area contributed by atoms with Crippen LogP contribution in [0.5, 0.6) is 0 Å². The molecular formula is C4H4N4O4. The van der Waals surface area contributed by atoms with Crippen LogP contribution in [0.1, 0.15) is 0 Å². The van der Waals surface area contributed by atoms with Crippen molar-refractivity contribution in [2.75, 3.05) is 0 Å². The molecule has 12 heavy (non-hydrogen) atoms. The molecule has 0 radical (unpaired) electrons. The van der Waals surface area contributed by atoms with Crippen molar-refractivity contribution < 1.29 is 14.8 Å². The molecule has 1 N–H and O–H groups in total. The summed E-state index contributed by atoms with van der Waals surface area (Å²) in [7, 11) is 0. The number of carboxylic acid groups (broad SMARTS) is 1. The fraction of sp³-hybridized carbons (Fsp3) is 0.250. The van der Waals surface area contributed by atoms with Gasteiger partial charge in [-0.25, -0.2) is 0 Å². The van der Waals surface area contributed by atoms with Crippen molar-refractivity contribution in [1.82, 2.24) is 14.8 Å². The number of nitro groups is 1. The molecule has 0 atom stereocenters. The average molecular weight is 172 g/mol. The van der Waals surface area contributed by atoms with Crippen molar-refractivity contribution in [3.63, 3.8) is 0 Å². The van der Waals surface area contributed by atoms with Gasteiger partial charge >= 0.3 is 11.9 Å². The number of hydrogen-bond donors (Lipinski definition) is 1. The standard InChI is InChI=1S/C4H4N4O4/c9-3(10)1-7-2-5-4(6-7)8(11)12/h2H,1H2,(H,9,10). The first kappa shape index (κ1) is 8.11. The van der Waals surface area contributed by atoms with Crippen LogP contribution in [0.25, 0.3) is 0 Å². The van der Waals surface area contributed by atoms with Gasteiger partial charge in [-0.2, -0.15) is 4.68 Å². The maximum atomic E-state index is 10.1. The van der Waals surface area contributed by atoms with Gasteiger partial charge in [0.15, 0.2) is 6.54 Å². The number of rotatable bonds is 3. The number of carbonyl (C=O) groups is 1. The Kier molecular flexibility index (Phi) is 1.99. The van der Waals surface area contributed by atoms with Gasteiger partial charge in [-0.3, -0.25) is 4.79 Å². The summed E-state index contributed by atoms with van der Waals surface area (Å²) in [6.07, 6.45) is 0.992. The number of aliphatic carboxylic acids is 1. The van der Waals surface area contributed by atoms with E-state index in [9.17, 15) is 14.9 Å². The molecule has 1 aromatic heterocycles. The van der Waals surface area contributed by atoms with Crippen LogP contribution in [0, 0.1) is 10.1 Å². The summed E-state index contributed by atoms with van der Waals surface area (Å²) in [4.78, 5) is 22.6. The lowest BCUT2D eigenvalue weighted by Crippen LogP contribution is -2.09. The first-order valence-electron chi connectivity index (χ1n) is 2.85. The summed E-state index contributed by atoms with van der Waals surface area (Å²) in [5.41, 5.74) is 0. The van der Waals surface area contributed by atoms with Crippen molar-refractivity contribution in [2.24, 2.45) is 0 Å². The lowest BCUT2D eigenvalue weighted by molar-refractivity contribution is -0.394. The Morgan fingerprint density at radius 2 is 2.50 bits per heavy atom.